The van der Waals surface area contributed by atoms with Gasteiger partial charge < -0.3 is 19.0 Å². The number of nitrogens with zero attached hydrogens (tertiary/aromatic N) is 4. The fourth-order valence-electron chi connectivity index (χ4n) is 5.07. The largest absolute Gasteiger partial charge is 0.550 e. The standard InChI is InChI=1S/C23H37N5O5S/c1-22(2,3)23(10-6-5-7-11-23)12-8-9-17(13-20(29)30)21-26-18(27-33-21)14-25-34(31,32)19-15-28(4)16-24-19/h15-17,25H,5-14H2,1-4H3,(H,29,30)/p-1. The van der Waals surface area contributed by atoms with E-state index in [1.165, 1.54) is 49.2 Å². The summed E-state index contributed by atoms with van der Waals surface area (Å²) in [7, 11) is -2.15. The van der Waals surface area contributed by atoms with Crippen LogP contribution in [0.5, 0.6) is 0 Å². The van der Waals surface area contributed by atoms with Gasteiger partial charge in [0.1, 0.15) is 0 Å². The molecule has 0 radical (unpaired) electrons. The second-order valence-corrected chi connectivity index (χ2v) is 12.2. The molecule has 1 saturated carbocycles. The van der Waals surface area contributed by atoms with Gasteiger partial charge in [0.25, 0.3) is 10.0 Å². The molecular weight excluding hydrogens is 458 g/mol. The number of aryl methyl sites for hydroxylation is 1. The molecule has 11 heteroatoms. The lowest BCUT2D eigenvalue weighted by atomic mass is 9.57. The minimum atomic E-state index is -3.82. The number of aliphatic carboxylic acids is 1. The van der Waals surface area contributed by atoms with Gasteiger partial charge in [-0.05, 0) is 42.9 Å². The Balaban J connectivity index is 1.63. The molecule has 2 aromatic heterocycles. The van der Waals surface area contributed by atoms with E-state index >= 15 is 0 Å². The first-order chi connectivity index (χ1) is 15.9. The summed E-state index contributed by atoms with van der Waals surface area (Å²) >= 11 is 0. The number of carbonyl (C=O) groups excluding carboxylic acids is 1. The summed E-state index contributed by atoms with van der Waals surface area (Å²) in [4.78, 5) is 19.5. The van der Waals surface area contributed by atoms with Crippen molar-refractivity contribution in [1.29, 1.82) is 0 Å². The number of imidazole rings is 1. The van der Waals surface area contributed by atoms with Crippen molar-refractivity contribution in [3.05, 3.63) is 24.2 Å². The van der Waals surface area contributed by atoms with Crippen LogP contribution in [0.25, 0.3) is 0 Å². The maximum Gasteiger partial charge on any atom is 0.259 e. The lowest BCUT2D eigenvalue weighted by molar-refractivity contribution is -0.306. The first-order valence-electron chi connectivity index (χ1n) is 11.9. The summed E-state index contributed by atoms with van der Waals surface area (Å²) in [6.07, 6.45) is 11.2. The van der Waals surface area contributed by atoms with E-state index in [-0.39, 0.29) is 40.5 Å². The van der Waals surface area contributed by atoms with E-state index in [1.807, 2.05) is 0 Å². The zero-order valence-electron chi connectivity index (χ0n) is 20.5. The fourth-order valence-corrected chi connectivity index (χ4v) is 6.03. The zero-order valence-corrected chi connectivity index (χ0v) is 21.4. The highest BCUT2D eigenvalue weighted by molar-refractivity contribution is 7.89. The molecule has 0 aliphatic heterocycles. The summed E-state index contributed by atoms with van der Waals surface area (Å²) in [5.74, 6) is -1.32. The summed E-state index contributed by atoms with van der Waals surface area (Å²) in [5.41, 5.74) is 0.431. The third-order valence-corrected chi connectivity index (χ3v) is 8.52. The minimum Gasteiger partial charge on any atom is -0.550 e. The van der Waals surface area contributed by atoms with E-state index in [0.717, 1.165) is 12.8 Å². The van der Waals surface area contributed by atoms with Crippen LogP contribution in [-0.2, 0) is 28.4 Å². The molecule has 10 nitrogen and oxygen atoms in total. The van der Waals surface area contributed by atoms with Gasteiger partial charge in [0, 0.05) is 25.1 Å². The Morgan fingerprint density at radius 2 is 2.00 bits per heavy atom. The molecular formula is C23H36N5O5S-. The van der Waals surface area contributed by atoms with Gasteiger partial charge in [-0.25, -0.2) is 18.1 Å². The van der Waals surface area contributed by atoms with Crippen LogP contribution in [0.15, 0.2) is 22.1 Å². The Kier molecular flexibility index (Phi) is 8.18. The maximum absolute atomic E-state index is 12.3. The van der Waals surface area contributed by atoms with Crippen molar-refractivity contribution in [2.45, 2.75) is 96.0 Å². The van der Waals surface area contributed by atoms with Crippen molar-refractivity contribution in [3.8, 4) is 0 Å². The van der Waals surface area contributed by atoms with Gasteiger partial charge in [0.2, 0.25) is 5.89 Å². The van der Waals surface area contributed by atoms with Gasteiger partial charge in [0.15, 0.2) is 10.9 Å². The summed E-state index contributed by atoms with van der Waals surface area (Å²) in [6, 6.07) is 0. The van der Waals surface area contributed by atoms with Crippen molar-refractivity contribution >= 4 is 16.0 Å². The second kappa shape index (κ2) is 10.6. The number of hydrogen-bond donors (Lipinski definition) is 1. The molecule has 1 fully saturated rings. The van der Waals surface area contributed by atoms with Crippen molar-refractivity contribution in [2.24, 2.45) is 17.9 Å². The van der Waals surface area contributed by atoms with Crippen LogP contribution in [0.2, 0.25) is 0 Å². The number of carboxylic acid groups (broad SMARTS) is 1. The van der Waals surface area contributed by atoms with Crippen LogP contribution in [-0.4, -0.2) is 34.1 Å². The number of carboxylic acids is 1. The van der Waals surface area contributed by atoms with Crippen LogP contribution in [0.1, 0.15) is 96.2 Å². The van der Waals surface area contributed by atoms with Crippen LogP contribution < -0.4 is 9.83 Å². The molecule has 1 unspecified atom stereocenters. The molecule has 0 aromatic carbocycles. The predicted molar refractivity (Wildman–Crippen MR) is 123 cm³/mol. The Labute approximate surface area is 201 Å². The average molecular weight is 495 g/mol. The molecule has 2 aromatic rings. The van der Waals surface area contributed by atoms with Crippen LogP contribution in [0.3, 0.4) is 0 Å². The molecule has 0 saturated heterocycles. The van der Waals surface area contributed by atoms with Gasteiger partial charge in [-0.1, -0.05) is 51.6 Å². The van der Waals surface area contributed by atoms with Gasteiger partial charge >= 0.3 is 0 Å². The first kappa shape index (κ1) is 26.3. The molecule has 1 aliphatic rings. The highest BCUT2D eigenvalue weighted by atomic mass is 32.2. The second-order valence-electron chi connectivity index (χ2n) is 10.5. The SMILES string of the molecule is Cn1cnc(S(=O)(=O)NCc2noc(C(CCCC3(C(C)(C)C)CCCCC3)CC(=O)[O-])n2)c1. The lowest BCUT2D eigenvalue weighted by Crippen LogP contribution is -2.37. The number of sulfonamides is 1. The van der Waals surface area contributed by atoms with Crippen LogP contribution in [0.4, 0.5) is 0 Å². The number of carbonyl (C=O) groups is 1. The molecule has 34 heavy (non-hydrogen) atoms. The highest BCUT2D eigenvalue weighted by Crippen LogP contribution is 2.53. The van der Waals surface area contributed by atoms with Crippen molar-refractivity contribution < 1.29 is 22.8 Å². The fraction of sp³-hybridized carbons (Fsp3) is 0.739. The quantitative estimate of drug-likeness (QED) is 0.502. The molecule has 1 aliphatic carbocycles. The topological polar surface area (TPSA) is 143 Å². The molecule has 0 amide bonds. The molecule has 1 N–H and O–H groups in total. The van der Waals surface area contributed by atoms with E-state index in [2.05, 4.69) is 40.6 Å². The van der Waals surface area contributed by atoms with Gasteiger partial charge in [0.05, 0.1) is 12.9 Å². The molecule has 1 atom stereocenters. The van der Waals surface area contributed by atoms with E-state index < -0.39 is 21.9 Å². The number of hydrogen-bond acceptors (Lipinski definition) is 8. The Bertz CT molecular complexity index is 1060. The third-order valence-electron chi connectivity index (χ3n) is 7.23. The molecule has 0 bridgehead atoms. The van der Waals surface area contributed by atoms with Gasteiger partial charge in [-0.2, -0.15) is 4.98 Å². The van der Waals surface area contributed by atoms with Gasteiger partial charge in [-0.3, -0.25) is 0 Å². The number of rotatable bonds is 11. The maximum atomic E-state index is 12.3. The van der Waals surface area contributed by atoms with E-state index in [0.29, 0.717) is 6.42 Å². The van der Waals surface area contributed by atoms with Crippen LogP contribution >= 0.6 is 0 Å². The smallest absolute Gasteiger partial charge is 0.259 e. The third kappa shape index (κ3) is 6.44. The Hall–Kier alpha value is -2.27. The Morgan fingerprint density at radius 1 is 1.29 bits per heavy atom. The monoisotopic (exact) mass is 494 g/mol. The predicted octanol–water partition coefficient (Wildman–Crippen LogP) is 2.67. The highest BCUT2D eigenvalue weighted by Gasteiger charge is 2.41. The minimum absolute atomic E-state index is 0.107. The number of aromatic nitrogens is 4. The average Bonchev–Trinajstić information content (AvgIpc) is 3.41. The zero-order chi connectivity index (χ0) is 25.0. The molecule has 0 spiro atoms. The summed E-state index contributed by atoms with van der Waals surface area (Å²) in [6.45, 7) is 6.71. The van der Waals surface area contributed by atoms with Gasteiger partial charge in [-0.15, -0.1) is 0 Å². The van der Waals surface area contributed by atoms with E-state index in [9.17, 15) is 18.3 Å². The number of nitrogens with one attached hydrogen (secondary N) is 1. The normalized spacial score (nSPS) is 17.5. The summed E-state index contributed by atoms with van der Waals surface area (Å²) < 4.78 is 33.9. The lowest BCUT2D eigenvalue weighted by Gasteiger charge is -2.48. The first-order valence-corrected chi connectivity index (χ1v) is 13.4. The summed E-state index contributed by atoms with van der Waals surface area (Å²) in [5, 5.41) is 15.1. The molecule has 3 rings (SSSR count). The van der Waals surface area contributed by atoms with E-state index in [1.54, 1.807) is 7.05 Å². The molecule has 2 heterocycles. The van der Waals surface area contributed by atoms with Crippen LogP contribution in [0, 0.1) is 10.8 Å². The Morgan fingerprint density at radius 3 is 2.59 bits per heavy atom. The van der Waals surface area contributed by atoms with Crippen molar-refractivity contribution in [2.75, 3.05) is 0 Å². The van der Waals surface area contributed by atoms with E-state index in [4.69, 9.17) is 4.52 Å². The van der Waals surface area contributed by atoms with Crippen molar-refractivity contribution in [1.82, 2.24) is 24.4 Å². The molecule has 190 valence electrons. The van der Waals surface area contributed by atoms with Crippen molar-refractivity contribution in [3.63, 3.8) is 0 Å².